The SMILES string of the molecule is c1ccc2[nH]c(-c3cccc4c3[nH]c3ccccc34)cc2c1. The van der Waals surface area contributed by atoms with Crippen molar-refractivity contribution < 1.29 is 0 Å². The molecule has 0 aliphatic rings. The normalized spacial score (nSPS) is 11.6. The molecule has 2 aromatic heterocycles. The maximum Gasteiger partial charge on any atom is 0.0559 e. The van der Waals surface area contributed by atoms with Crippen molar-refractivity contribution in [3.8, 4) is 11.3 Å². The Morgan fingerprint density at radius 1 is 0.591 bits per heavy atom. The number of rotatable bonds is 1. The van der Waals surface area contributed by atoms with E-state index >= 15 is 0 Å². The Morgan fingerprint density at radius 2 is 1.36 bits per heavy atom. The molecule has 0 spiro atoms. The monoisotopic (exact) mass is 282 g/mol. The Morgan fingerprint density at radius 3 is 2.27 bits per heavy atom. The second-order valence-electron chi connectivity index (χ2n) is 5.67. The maximum atomic E-state index is 3.57. The van der Waals surface area contributed by atoms with Crippen LogP contribution < -0.4 is 0 Å². The molecule has 0 aliphatic carbocycles. The molecule has 0 unspecified atom stereocenters. The van der Waals surface area contributed by atoms with E-state index in [-0.39, 0.29) is 0 Å². The van der Waals surface area contributed by atoms with E-state index in [1.165, 1.54) is 38.3 Å². The highest BCUT2D eigenvalue weighted by molar-refractivity contribution is 6.12. The number of benzene rings is 3. The number of nitrogens with one attached hydrogen (secondary N) is 2. The van der Waals surface area contributed by atoms with Gasteiger partial charge in [-0.25, -0.2) is 0 Å². The zero-order chi connectivity index (χ0) is 14.5. The molecule has 0 atom stereocenters. The summed E-state index contributed by atoms with van der Waals surface area (Å²) < 4.78 is 0. The number of H-pyrrole nitrogens is 2. The molecular weight excluding hydrogens is 268 g/mol. The first-order chi connectivity index (χ1) is 10.9. The first-order valence-corrected chi connectivity index (χ1v) is 7.48. The Bertz CT molecular complexity index is 1100. The Kier molecular flexibility index (Phi) is 2.25. The van der Waals surface area contributed by atoms with Gasteiger partial charge in [0, 0.05) is 38.4 Å². The van der Waals surface area contributed by atoms with Gasteiger partial charge < -0.3 is 9.97 Å². The molecule has 5 rings (SSSR count). The highest BCUT2D eigenvalue weighted by atomic mass is 14.7. The van der Waals surface area contributed by atoms with Crippen LogP contribution in [-0.2, 0) is 0 Å². The van der Waals surface area contributed by atoms with E-state index in [0.29, 0.717) is 0 Å². The number of fused-ring (bicyclic) bond motifs is 4. The number of aromatic amines is 2. The minimum atomic E-state index is 1.15. The zero-order valence-corrected chi connectivity index (χ0v) is 11.9. The van der Waals surface area contributed by atoms with E-state index in [2.05, 4.69) is 82.8 Å². The van der Waals surface area contributed by atoms with Gasteiger partial charge in [0.05, 0.1) is 5.52 Å². The van der Waals surface area contributed by atoms with Gasteiger partial charge in [0.2, 0.25) is 0 Å². The van der Waals surface area contributed by atoms with E-state index in [4.69, 9.17) is 0 Å². The topological polar surface area (TPSA) is 31.6 Å². The molecule has 2 heterocycles. The fourth-order valence-electron chi connectivity index (χ4n) is 3.32. The highest BCUT2D eigenvalue weighted by Gasteiger charge is 2.10. The molecule has 3 aromatic carbocycles. The summed E-state index contributed by atoms with van der Waals surface area (Å²) in [6.07, 6.45) is 0. The third-order valence-electron chi connectivity index (χ3n) is 4.36. The summed E-state index contributed by atoms with van der Waals surface area (Å²) in [6, 6.07) is 25.5. The van der Waals surface area contributed by atoms with E-state index in [0.717, 1.165) is 5.69 Å². The van der Waals surface area contributed by atoms with Crippen molar-refractivity contribution in [2.45, 2.75) is 0 Å². The lowest BCUT2D eigenvalue weighted by Crippen LogP contribution is -1.79. The van der Waals surface area contributed by atoms with Crippen molar-refractivity contribution in [2.24, 2.45) is 0 Å². The van der Waals surface area contributed by atoms with Gasteiger partial charge in [-0.2, -0.15) is 0 Å². The lowest BCUT2D eigenvalue weighted by Gasteiger charge is -2.00. The fraction of sp³-hybridized carbons (Fsp3) is 0. The minimum absolute atomic E-state index is 1.15. The van der Waals surface area contributed by atoms with Crippen LogP contribution in [0.5, 0.6) is 0 Å². The van der Waals surface area contributed by atoms with Gasteiger partial charge in [-0.3, -0.25) is 0 Å². The van der Waals surface area contributed by atoms with Crippen LogP contribution in [0.1, 0.15) is 0 Å². The molecule has 0 saturated carbocycles. The molecule has 22 heavy (non-hydrogen) atoms. The second-order valence-corrected chi connectivity index (χ2v) is 5.67. The van der Waals surface area contributed by atoms with Gasteiger partial charge in [-0.15, -0.1) is 0 Å². The molecule has 0 aliphatic heterocycles. The van der Waals surface area contributed by atoms with Gasteiger partial charge in [0.15, 0.2) is 0 Å². The van der Waals surface area contributed by atoms with E-state index in [1.54, 1.807) is 0 Å². The van der Waals surface area contributed by atoms with Crippen molar-refractivity contribution >= 4 is 32.7 Å². The summed E-state index contributed by atoms with van der Waals surface area (Å²) in [5, 5.41) is 3.79. The zero-order valence-electron chi connectivity index (χ0n) is 11.9. The third kappa shape index (κ3) is 1.55. The van der Waals surface area contributed by atoms with Crippen molar-refractivity contribution in [3.63, 3.8) is 0 Å². The van der Waals surface area contributed by atoms with Crippen molar-refractivity contribution in [1.29, 1.82) is 0 Å². The summed E-state index contributed by atoms with van der Waals surface area (Å²) >= 11 is 0. The summed E-state index contributed by atoms with van der Waals surface area (Å²) in [6.45, 7) is 0. The predicted molar refractivity (Wildman–Crippen MR) is 93.1 cm³/mol. The van der Waals surface area contributed by atoms with E-state index in [9.17, 15) is 0 Å². The first-order valence-electron chi connectivity index (χ1n) is 7.48. The predicted octanol–water partition coefficient (Wildman–Crippen LogP) is 5.47. The number of para-hydroxylation sites is 3. The van der Waals surface area contributed by atoms with Crippen LogP contribution in [0.25, 0.3) is 44.0 Å². The highest BCUT2D eigenvalue weighted by Crippen LogP contribution is 2.33. The largest absolute Gasteiger partial charge is 0.354 e. The average Bonchev–Trinajstić information content (AvgIpc) is 3.15. The molecular formula is C20H14N2. The summed E-state index contributed by atoms with van der Waals surface area (Å²) in [7, 11) is 0. The standard InChI is InChI=1S/C20H14N2/c1-3-10-17-13(6-1)12-19(21-17)16-9-5-8-15-14-7-2-4-11-18(14)22-20(15)16/h1-12,21-22H. The summed E-state index contributed by atoms with van der Waals surface area (Å²) in [5.41, 5.74) is 5.91. The van der Waals surface area contributed by atoms with Gasteiger partial charge in [0.1, 0.15) is 0 Å². The quantitative estimate of drug-likeness (QED) is 0.408. The third-order valence-corrected chi connectivity index (χ3v) is 4.36. The molecule has 2 heteroatoms. The number of aromatic nitrogens is 2. The van der Waals surface area contributed by atoms with E-state index in [1.807, 2.05) is 0 Å². The van der Waals surface area contributed by atoms with E-state index < -0.39 is 0 Å². The summed E-state index contributed by atoms with van der Waals surface area (Å²) in [4.78, 5) is 7.10. The molecule has 5 aromatic rings. The van der Waals surface area contributed by atoms with Crippen LogP contribution in [0.2, 0.25) is 0 Å². The van der Waals surface area contributed by atoms with Crippen LogP contribution >= 0.6 is 0 Å². The van der Waals surface area contributed by atoms with Crippen molar-refractivity contribution in [3.05, 3.63) is 72.8 Å². The molecule has 2 N–H and O–H groups in total. The maximum absolute atomic E-state index is 3.57. The Hall–Kier alpha value is -3.00. The van der Waals surface area contributed by atoms with Crippen LogP contribution in [0.15, 0.2) is 72.8 Å². The van der Waals surface area contributed by atoms with Gasteiger partial charge >= 0.3 is 0 Å². The minimum Gasteiger partial charge on any atom is -0.354 e. The fourth-order valence-corrected chi connectivity index (χ4v) is 3.32. The molecule has 0 radical (unpaired) electrons. The molecule has 2 nitrogen and oxygen atoms in total. The van der Waals surface area contributed by atoms with Crippen molar-refractivity contribution in [2.75, 3.05) is 0 Å². The molecule has 0 amide bonds. The van der Waals surface area contributed by atoms with Gasteiger partial charge in [0.25, 0.3) is 0 Å². The van der Waals surface area contributed by atoms with Crippen LogP contribution in [0.3, 0.4) is 0 Å². The van der Waals surface area contributed by atoms with Crippen molar-refractivity contribution in [1.82, 2.24) is 9.97 Å². The van der Waals surface area contributed by atoms with Crippen LogP contribution in [0.4, 0.5) is 0 Å². The van der Waals surface area contributed by atoms with Gasteiger partial charge in [-0.1, -0.05) is 54.6 Å². The number of hydrogen-bond acceptors (Lipinski definition) is 0. The van der Waals surface area contributed by atoms with Crippen LogP contribution in [-0.4, -0.2) is 9.97 Å². The average molecular weight is 282 g/mol. The van der Waals surface area contributed by atoms with Crippen LogP contribution in [0, 0.1) is 0 Å². The first kappa shape index (κ1) is 11.6. The molecule has 0 bridgehead atoms. The lowest BCUT2D eigenvalue weighted by atomic mass is 10.1. The lowest BCUT2D eigenvalue weighted by molar-refractivity contribution is 1.45. The van der Waals surface area contributed by atoms with Gasteiger partial charge in [-0.05, 0) is 18.2 Å². The Labute approximate surface area is 127 Å². The summed E-state index contributed by atoms with van der Waals surface area (Å²) in [5.74, 6) is 0. The Balaban J connectivity index is 1.87. The molecule has 0 fully saturated rings. The molecule has 104 valence electrons. The molecule has 0 saturated heterocycles. The second kappa shape index (κ2) is 4.25. The number of hydrogen-bond donors (Lipinski definition) is 2. The smallest absolute Gasteiger partial charge is 0.0559 e.